The van der Waals surface area contributed by atoms with E-state index in [2.05, 4.69) is 0 Å². The minimum atomic E-state index is -2.06. The van der Waals surface area contributed by atoms with E-state index in [1.54, 1.807) is 0 Å². The summed E-state index contributed by atoms with van der Waals surface area (Å²) >= 11 is 0. The van der Waals surface area contributed by atoms with Crippen LogP contribution in [-0.4, -0.2) is 57.9 Å². The largest absolute Gasteiger partial charge is 0.480 e. The summed E-state index contributed by atoms with van der Waals surface area (Å²) < 4.78 is 0. The molecule has 0 rings (SSSR count). The molecule has 0 spiro atoms. The second-order valence-corrected chi connectivity index (χ2v) is 7.27. The molecule has 0 fully saturated rings. The van der Waals surface area contributed by atoms with Crippen LogP contribution in [0.15, 0.2) is 0 Å². The van der Waals surface area contributed by atoms with Crippen LogP contribution in [0.1, 0.15) is 58.3 Å². The van der Waals surface area contributed by atoms with Gasteiger partial charge in [0, 0.05) is 12.3 Å². The molecule has 28 heavy (non-hydrogen) atoms. The highest BCUT2D eigenvalue weighted by molar-refractivity contribution is 6.09. The molecule has 0 aliphatic rings. The first-order chi connectivity index (χ1) is 13.0. The Morgan fingerprint density at radius 3 is 1.64 bits per heavy atom. The first kappa shape index (κ1) is 26.1. The molecule has 0 amide bonds. The fourth-order valence-electron chi connectivity index (χ4n) is 2.94. The number of hydrogen-bond donors (Lipinski definition) is 6. The highest BCUT2D eigenvalue weighted by atomic mass is 16.4. The maximum Gasteiger partial charge on any atom is 0.331 e. The van der Waals surface area contributed by atoms with E-state index in [0.717, 1.165) is 0 Å². The average molecular weight is 402 g/mol. The number of unbranched alkanes of at least 4 members (excludes halogenated alkanes) is 2. The Labute approximate surface area is 165 Å². The topological polar surface area (TPSA) is 213 Å². The third-order valence-corrected chi connectivity index (χ3v) is 5.00. The molecule has 0 saturated carbocycles. The predicted octanol–water partition coefficient (Wildman–Crippen LogP) is -0.637. The lowest BCUT2D eigenvalue weighted by atomic mass is 9.79. The Morgan fingerprint density at radius 1 is 0.821 bits per heavy atom. The van der Waals surface area contributed by atoms with Crippen molar-refractivity contribution in [1.82, 2.24) is 0 Å². The average Bonchev–Trinajstić information content (AvgIpc) is 2.64. The van der Waals surface area contributed by atoms with Crippen molar-refractivity contribution < 1.29 is 29.4 Å². The lowest BCUT2D eigenvalue weighted by molar-refractivity contribution is -0.150. The summed E-state index contributed by atoms with van der Waals surface area (Å²) in [6, 6.07) is 0. The molecule has 0 radical (unpaired) electrons. The molecular formula is C18H34N4O6. The minimum absolute atomic E-state index is 0.0378. The van der Waals surface area contributed by atoms with Crippen molar-refractivity contribution in [1.29, 1.82) is 0 Å². The number of carboxylic acid groups (broad SMARTS) is 2. The van der Waals surface area contributed by atoms with E-state index >= 15 is 0 Å². The maximum absolute atomic E-state index is 12.6. The highest BCUT2D eigenvalue weighted by Gasteiger charge is 2.45. The Morgan fingerprint density at radius 2 is 1.25 bits per heavy atom. The first-order valence-electron chi connectivity index (χ1n) is 9.49. The molecule has 0 heterocycles. The van der Waals surface area contributed by atoms with Gasteiger partial charge in [-0.25, -0.2) is 9.59 Å². The van der Waals surface area contributed by atoms with Crippen LogP contribution in [0.3, 0.4) is 0 Å². The van der Waals surface area contributed by atoms with Gasteiger partial charge in [-0.05, 0) is 58.0 Å². The lowest BCUT2D eigenvalue weighted by Gasteiger charge is -2.27. The molecule has 10 nitrogen and oxygen atoms in total. The monoisotopic (exact) mass is 402 g/mol. The number of hydrogen-bond acceptors (Lipinski definition) is 8. The Bertz CT molecular complexity index is 570. The molecule has 10 N–H and O–H groups in total. The van der Waals surface area contributed by atoms with Gasteiger partial charge in [-0.3, -0.25) is 9.59 Å². The van der Waals surface area contributed by atoms with Gasteiger partial charge in [0.2, 0.25) is 0 Å². The molecule has 162 valence electrons. The summed E-state index contributed by atoms with van der Waals surface area (Å²) in [5.41, 5.74) is 18.3. The van der Waals surface area contributed by atoms with Gasteiger partial charge < -0.3 is 33.1 Å². The molecule has 0 aromatic heterocycles. The normalized spacial score (nSPS) is 16.6. The smallest absolute Gasteiger partial charge is 0.331 e. The maximum atomic E-state index is 12.6. The zero-order valence-electron chi connectivity index (χ0n) is 16.5. The zero-order valence-corrected chi connectivity index (χ0v) is 16.5. The number of nitrogens with two attached hydrogens (primary N) is 4. The van der Waals surface area contributed by atoms with Crippen LogP contribution < -0.4 is 22.9 Å². The Hall–Kier alpha value is -1.88. The molecule has 0 aromatic carbocycles. The van der Waals surface area contributed by atoms with Crippen LogP contribution >= 0.6 is 0 Å². The van der Waals surface area contributed by atoms with Crippen LogP contribution in [0.25, 0.3) is 0 Å². The summed E-state index contributed by atoms with van der Waals surface area (Å²) in [4.78, 5) is 48.0. The molecule has 10 heteroatoms. The van der Waals surface area contributed by atoms with Crippen molar-refractivity contribution in [3.63, 3.8) is 0 Å². The SMILES string of the molecule is CC(CCC(=O)C(N)(CCCCN)C(=O)O)C(=O)C(N)(CCCCN)C(=O)O. The van der Waals surface area contributed by atoms with Gasteiger partial charge in [-0.2, -0.15) is 0 Å². The van der Waals surface area contributed by atoms with E-state index in [-0.39, 0.29) is 25.7 Å². The van der Waals surface area contributed by atoms with Crippen LogP contribution in [0.2, 0.25) is 0 Å². The van der Waals surface area contributed by atoms with Gasteiger partial charge in [0.25, 0.3) is 0 Å². The van der Waals surface area contributed by atoms with Gasteiger partial charge in [0.15, 0.2) is 22.6 Å². The third-order valence-electron chi connectivity index (χ3n) is 5.00. The van der Waals surface area contributed by atoms with Gasteiger partial charge in [0.1, 0.15) is 0 Å². The van der Waals surface area contributed by atoms with Crippen LogP contribution in [0.4, 0.5) is 0 Å². The third kappa shape index (κ3) is 6.93. The molecule has 0 aliphatic carbocycles. The van der Waals surface area contributed by atoms with Crippen molar-refractivity contribution in [3.8, 4) is 0 Å². The molecule has 0 bridgehead atoms. The van der Waals surface area contributed by atoms with Crippen LogP contribution in [0, 0.1) is 5.92 Å². The standard InChI is InChI=1S/C18H34N4O6/c1-12(14(24)18(22,16(27)28)9-3-5-11-20)6-7-13(23)17(21,15(25)26)8-2-4-10-19/h12H,2-11,19-22H2,1H3,(H,25,26)(H,27,28). The van der Waals surface area contributed by atoms with E-state index in [9.17, 15) is 29.4 Å². The van der Waals surface area contributed by atoms with Crippen LogP contribution in [0.5, 0.6) is 0 Å². The second kappa shape index (κ2) is 11.8. The molecule has 3 unspecified atom stereocenters. The molecule has 0 aromatic rings. The Balaban J connectivity index is 5.05. The summed E-state index contributed by atoms with van der Waals surface area (Å²) in [7, 11) is 0. The minimum Gasteiger partial charge on any atom is -0.480 e. The van der Waals surface area contributed by atoms with Gasteiger partial charge in [-0.15, -0.1) is 0 Å². The van der Waals surface area contributed by atoms with Gasteiger partial charge in [0.05, 0.1) is 0 Å². The number of carboxylic acids is 2. The quantitative estimate of drug-likeness (QED) is 0.142. The number of carbonyl (C=O) groups is 4. The number of carbonyl (C=O) groups excluding carboxylic acids is 2. The molecule has 0 aliphatic heterocycles. The van der Waals surface area contributed by atoms with Gasteiger partial charge in [-0.1, -0.05) is 6.92 Å². The highest BCUT2D eigenvalue weighted by Crippen LogP contribution is 2.23. The number of ketones is 2. The fraction of sp³-hybridized carbons (Fsp3) is 0.778. The Kier molecular flexibility index (Phi) is 11.1. The van der Waals surface area contributed by atoms with Crippen molar-refractivity contribution in [3.05, 3.63) is 0 Å². The van der Waals surface area contributed by atoms with Crippen LogP contribution in [-0.2, 0) is 19.2 Å². The van der Waals surface area contributed by atoms with E-state index in [1.165, 1.54) is 6.92 Å². The number of aliphatic carboxylic acids is 2. The fourth-order valence-corrected chi connectivity index (χ4v) is 2.94. The number of Topliss-reactive ketones (excluding diaryl/α,β-unsaturated/α-hetero) is 2. The van der Waals surface area contributed by atoms with Gasteiger partial charge >= 0.3 is 11.9 Å². The van der Waals surface area contributed by atoms with Crippen molar-refractivity contribution in [2.75, 3.05) is 13.1 Å². The summed E-state index contributed by atoms with van der Waals surface area (Å²) in [6.45, 7) is 2.18. The predicted molar refractivity (Wildman–Crippen MR) is 103 cm³/mol. The first-order valence-corrected chi connectivity index (χ1v) is 9.49. The lowest BCUT2D eigenvalue weighted by Crippen LogP contribution is -2.57. The summed E-state index contributed by atoms with van der Waals surface area (Å²) in [6.07, 6.45) is 1.39. The van der Waals surface area contributed by atoms with E-state index in [0.29, 0.717) is 38.8 Å². The summed E-state index contributed by atoms with van der Waals surface area (Å²) in [5, 5.41) is 18.7. The van der Waals surface area contributed by atoms with Crippen molar-refractivity contribution >= 4 is 23.5 Å². The van der Waals surface area contributed by atoms with E-state index in [1.807, 2.05) is 0 Å². The molecular weight excluding hydrogens is 368 g/mol. The summed E-state index contributed by atoms with van der Waals surface area (Å²) in [5.74, 6) is -5.13. The number of rotatable bonds is 16. The van der Waals surface area contributed by atoms with E-state index < -0.39 is 40.5 Å². The molecule has 0 saturated heterocycles. The second-order valence-electron chi connectivity index (χ2n) is 7.27. The van der Waals surface area contributed by atoms with Crippen molar-refractivity contribution in [2.24, 2.45) is 28.9 Å². The zero-order chi connectivity index (χ0) is 22.0. The van der Waals surface area contributed by atoms with Crippen molar-refractivity contribution in [2.45, 2.75) is 69.4 Å². The molecule has 3 atom stereocenters. The van der Waals surface area contributed by atoms with E-state index in [4.69, 9.17) is 22.9 Å².